The van der Waals surface area contributed by atoms with E-state index in [1.54, 1.807) is 0 Å². The average molecular weight is 258 g/mol. The van der Waals surface area contributed by atoms with Gasteiger partial charge in [0.1, 0.15) is 5.75 Å². The van der Waals surface area contributed by atoms with Crippen LogP contribution < -0.4 is 15.8 Å². The Balaban J connectivity index is 1.51. The van der Waals surface area contributed by atoms with Crippen LogP contribution >= 0.6 is 0 Å². The molecular formula is C16H22N2O. The first-order chi connectivity index (χ1) is 9.29. The molecule has 3 aliphatic rings. The van der Waals surface area contributed by atoms with Gasteiger partial charge in [-0.3, -0.25) is 0 Å². The summed E-state index contributed by atoms with van der Waals surface area (Å²) in [6, 6.07) is 6.72. The Morgan fingerprint density at radius 2 is 2.00 bits per heavy atom. The zero-order valence-corrected chi connectivity index (χ0v) is 11.4. The first-order valence-corrected chi connectivity index (χ1v) is 7.57. The van der Waals surface area contributed by atoms with E-state index in [4.69, 9.17) is 10.5 Å². The van der Waals surface area contributed by atoms with Crippen LogP contribution in [0.15, 0.2) is 18.2 Å². The highest BCUT2D eigenvalue weighted by Gasteiger charge is 2.65. The molecule has 0 aromatic heterocycles. The number of anilines is 2. The Bertz CT molecular complexity index is 486. The van der Waals surface area contributed by atoms with Crippen molar-refractivity contribution in [1.29, 1.82) is 0 Å². The van der Waals surface area contributed by atoms with E-state index in [1.807, 2.05) is 19.1 Å². The molecule has 0 aliphatic heterocycles. The van der Waals surface area contributed by atoms with Gasteiger partial charge in [0.05, 0.1) is 18.0 Å². The number of nitrogens with two attached hydrogens (primary N) is 1. The maximum absolute atomic E-state index is 6.19. The molecule has 0 amide bonds. The first kappa shape index (κ1) is 11.4. The molecule has 3 heteroatoms. The topological polar surface area (TPSA) is 47.3 Å². The summed E-state index contributed by atoms with van der Waals surface area (Å²) in [7, 11) is 0. The van der Waals surface area contributed by atoms with Gasteiger partial charge in [0.2, 0.25) is 0 Å². The van der Waals surface area contributed by atoms with Crippen LogP contribution in [0.1, 0.15) is 26.2 Å². The normalized spacial score (nSPS) is 38.1. The maximum atomic E-state index is 6.19. The fourth-order valence-corrected chi connectivity index (χ4v) is 4.65. The summed E-state index contributed by atoms with van der Waals surface area (Å²) < 4.78 is 5.56. The molecule has 0 spiro atoms. The second-order valence-corrected chi connectivity index (χ2v) is 6.31. The van der Waals surface area contributed by atoms with Gasteiger partial charge in [-0.25, -0.2) is 0 Å². The van der Waals surface area contributed by atoms with E-state index < -0.39 is 0 Å². The quantitative estimate of drug-likeness (QED) is 0.816. The number of para-hydroxylation sites is 1. The van der Waals surface area contributed by atoms with E-state index in [0.29, 0.717) is 12.6 Å². The molecule has 4 rings (SSSR count). The number of benzene rings is 1. The molecule has 3 N–H and O–H groups in total. The zero-order valence-electron chi connectivity index (χ0n) is 11.4. The van der Waals surface area contributed by atoms with E-state index in [1.165, 1.54) is 19.3 Å². The smallest absolute Gasteiger partial charge is 0.144 e. The number of rotatable bonds is 4. The van der Waals surface area contributed by atoms with Gasteiger partial charge < -0.3 is 15.8 Å². The molecule has 4 unspecified atom stereocenters. The minimum Gasteiger partial charge on any atom is -0.492 e. The number of nitrogen functional groups attached to an aromatic ring is 1. The zero-order chi connectivity index (χ0) is 13.0. The summed E-state index contributed by atoms with van der Waals surface area (Å²) >= 11 is 0. The lowest BCUT2D eigenvalue weighted by atomic mass is 10.0. The van der Waals surface area contributed by atoms with Crippen molar-refractivity contribution < 1.29 is 4.74 Å². The molecule has 4 atom stereocenters. The number of hydrogen-bond acceptors (Lipinski definition) is 3. The summed E-state index contributed by atoms with van der Waals surface area (Å²) in [6.07, 6.45) is 4.40. The number of fused-ring (bicyclic) bond motifs is 5. The molecule has 3 saturated carbocycles. The average Bonchev–Trinajstić information content (AvgIpc) is 2.81. The number of nitrogens with one attached hydrogen (secondary N) is 1. The van der Waals surface area contributed by atoms with E-state index in [9.17, 15) is 0 Å². The van der Waals surface area contributed by atoms with E-state index >= 15 is 0 Å². The standard InChI is InChI=1S/C16H22N2O/c1-2-19-12-5-3-4-11(15(12)17)18-16-13-9-6-7-10(8-9)14(13)16/h3-5,9-10,13-14,16,18H,2,6-8,17H2,1H3. The molecule has 3 aliphatic carbocycles. The molecule has 19 heavy (non-hydrogen) atoms. The highest BCUT2D eigenvalue weighted by Crippen LogP contribution is 2.66. The molecule has 1 aromatic carbocycles. The van der Waals surface area contributed by atoms with Crippen molar-refractivity contribution in [2.75, 3.05) is 17.7 Å². The van der Waals surface area contributed by atoms with Crippen LogP contribution in [0.5, 0.6) is 5.75 Å². The monoisotopic (exact) mass is 258 g/mol. The molecule has 2 bridgehead atoms. The molecule has 1 aromatic rings. The van der Waals surface area contributed by atoms with E-state index in [0.717, 1.165) is 40.8 Å². The van der Waals surface area contributed by atoms with Crippen molar-refractivity contribution in [3.8, 4) is 5.75 Å². The maximum Gasteiger partial charge on any atom is 0.144 e. The summed E-state index contributed by atoms with van der Waals surface area (Å²) in [6.45, 7) is 2.65. The highest BCUT2D eigenvalue weighted by molar-refractivity contribution is 5.73. The predicted octanol–water partition coefficient (Wildman–Crippen LogP) is 3.12. The largest absolute Gasteiger partial charge is 0.492 e. The van der Waals surface area contributed by atoms with Crippen molar-refractivity contribution in [3.05, 3.63) is 18.2 Å². The van der Waals surface area contributed by atoms with Crippen molar-refractivity contribution in [2.24, 2.45) is 23.7 Å². The second-order valence-electron chi connectivity index (χ2n) is 6.31. The Morgan fingerprint density at radius 1 is 1.26 bits per heavy atom. The van der Waals surface area contributed by atoms with Gasteiger partial charge in [-0.2, -0.15) is 0 Å². The lowest BCUT2D eigenvalue weighted by molar-refractivity contribution is 0.342. The van der Waals surface area contributed by atoms with Crippen molar-refractivity contribution >= 4 is 11.4 Å². The Kier molecular flexibility index (Phi) is 2.44. The lowest BCUT2D eigenvalue weighted by Gasteiger charge is -2.15. The SMILES string of the molecule is CCOc1cccc(NC2C3C4CCC(C4)C23)c1N. The fourth-order valence-electron chi connectivity index (χ4n) is 4.65. The van der Waals surface area contributed by atoms with Gasteiger partial charge in [-0.15, -0.1) is 0 Å². The van der Waals surface area contributed by atoms with Crippen LogP contribution in [0.25, 0.3) is 0 Å². The van der Waals surface area contributed by atoms with Crippen LogP contribution in [0.2, 0.25) is 0 Å². The predicted molar refractivity (Wildman–Crippen MR) is 77.2 cm³/mol. The molecule has 102 valence electrons. The van der Waals surface area contributed by atoms with Crippen LogP contribution in [0, 0.1) is 23.7 Å². The van der Waals surface area contributed by atoms with Crippen LogP contribution in [-0.2, 0) is 0 Å². The van der Waals surface area contributed by atoms with Gasteiger partial charge in [0.15, 0.2) is 0 Å². The molecule has 3 fully saturated rings. The van der Waals surface area contributed by atoms with Crippen LogP contribution in [-0.4, -0.2) is 12.6 Å². The number of ether oxygens (including phenoxy) is 1. The third-order valence-electron chi connectivity index (χ3n) is 5.42. The Hall–Kier alpha value is -1.38. The summed E-state index contributed by atoms with van der Waals surface area (Å²) in [5, 5.41) is 3.68. The third-order valence-corrected chi connectivity index (χ3v) is 5.42. The molecule has 0 radical (unpaired) electrons. The highest BCUT2D eigenvalue weighted by atomic mass is 16.5. The van der Waals surface area contributed by atoms with Gasteiger partial charge in [0.25, 0.3) is 0 Å². The molecule has 0 saturated heterocycles. The van der Waals surface area contributed by atoms with E-state index in [-0.39, 0.29) is 0 Å². The minimum atomic E-state index is 0.659. The molecule has 0 heterocycles. The Labute approximate surface area is 114 Å². The van der Waals surface area contributed by atoms with Gasteiger partial charge in [0, 0.05) is 6.04 Å². The van der Waals surface area contributed by atoms with Crippen LogP contribution in [0.4, 0.5) is 11.4 Å². The van der Waals surface area contributed by atoms with Gasteiger partial charge in [-0.05, 0) is 62.0 Å². The second kappa shape index (κ2) is 4.06. The summed E-state index contributed by atoms with van der Waals surface area (Å²) in [5.41, 5.74) is 8.02. The van der Waals surface area contributed by atoms with E-state index in [2.05, 4.69) is 11.4 Å². The van der Waals surface area contributed by atoms with Crippen molar-refractivity contribution in [1.82, 2.24) is 0 Å². The summed E-state index contributed by atoms with van der Waals surface area (Å²) in [5.74, 6) is 4.64. The lowest BCUT2D eigenvalue weighted by Crippen LogP contribution is -2.14. The Morgan fingerprint density at radius 3 is 2.68 bits per heavy atom. The number of hydrogen-bond donors (Lipinski definition) is 2. The van der Waals surface area contributed by atoms with Crippen LogP contribution in [0.3, 0.4) is 0 Å². The fraction of sp³-hybridized carbons (Fsp3) is 0.625. The van der Waals surface area contributed by atoms with Gasteiger partial charge >= 0.3 is 0 Å². The first-order valence-electron chi connectivity index (χ1n) is 7.57. The molecular weight excluding hydrogens is 236 g/mol. The van der Waals surface area contributed by atoms with Gasteiger partial charge in [-0.1, -0.05) is 6.07 Å². The van der Waals surface area contributed by atoms with Crippen molar-refractivity contribution in [3.63, 3.8) is 0 Å². The minimum absolute atomic E-state index is 0.659. The van der Waals surface area contributed by atoms with Crippen molar-refractivity contribution in [2.45, 2.75) is 32.2 Å². The third kappa shape index (κ3) is 1.63. The summed E-state index contributed by atoms with van der Waals surface area (Å²) in [4.78, 5) is 0. The molecule has 3 nitrogen and oxygen atoms in total.